The Balaban J connectivity index is 1.59. The number of rotatable bonds is 6. The Kier molecular flexibility index (Phi) is 7.10. The number of nitrogens with two attached hydrogens (primary N) is 1. The van der Waals surface area contributed by atoms with Gasteiger partial charge in [0.05, 0.1) is 5.56 Å². The number of aromatic nitrogens is 1. The van der Waals surface area contributed by atoms with E-state index in [4.69, 9.17) is 5.73 Å². The molecule has 1 aliphatic rings. The lowest BCUT2D eigenvalue weighted by molar-refractivity contribution is 0.333. The monoisotopic (exact) mass is 492 g/mol. The maximum atomic E-state index is 13.9. The third-order valence-electron chi connectivity index (χ3n) is 6.05. The molecule has 0 bridgehead atoms. The lowest BCUT2D eigenvalue weighted by Gasteiger charge is -2.32. The number of hydrogen-bond acceptors (Lipinski definition) is 7. The van der Waals surface area contributed by atoms with Crippen molar-refractivity contribution >= 4 is 32.7 Å². The van der Waals surface area contributed by atoms with Crippen molar-refractivity contribution in [3.8, 4) is 17.2 Å². The minimum atomic E-state index is -3.69. The van der Waals surface area contributed by atoms with E-state index in [1.54, 1.807) is 18.5 Å². The first-order chi connectivity index (χ1) is 16.9. The molecule has 180 valence electrons. The summed E-state index contributed by atoms with van der Waals surface area (Å²) in [5.41, 5.74) is 7.89. The van der Waals surface area contributed by atoms with Gasteiger partial charge in [-0.15, -0.1) is 0 Å². The van der Waals surface area contributed by atoms with Crippen molar-refractivity contribution in [2.24, 2.45) is 10.7 Å². The maximum absolute atomic E-state index is 13.9. The normalized spacial score (nSPS) is 16.0. The summed E-state index contributed by atoms with van der Waals surface area (Å²) in [6.45, 7) is 0.683. The van der Waals surface area contributed by atoms with Crippen molar-refractivity contribution < 1.29 is 12.8 Å². The number of hydrogen-bond donors (Lipinski definition) is 2. The Morgan fingerprint density at radius 3 is 2.71 bits per heavy atom. The first kappa shape index (κ1) is 24.3. The lowest BCUT2D eigenvalue weighted by atomic mass is 9.98. The van der Waals surface area contributed by atoms with E-state index in [-0.39, 0.29) is 16.5 Å². The molecule has 0 spiro atoms. The summed E-state index contributed by atoms with van der Waals surface area (Å²) in [5, 5.41) is 14.6. The van der Waals surface area contributed by atoms with Crippen LogP contribution in [0.2, 0.25) is 0 Å². The van der Waals surface area contributed by atoms with Crippen LogP contribution in [0.15, 0.2) is 64.9 Å². The zero-order valence-electron chi connectivity index (χ0n) is 19.1. The molecule has 4 rings (SSSR count). The van der Waals surface area contributed by atoms with Crippen LogP contribution in [0.4, 0.5) is 10.1 Å². The Morgan fingerprint density at radius 2 is 2.03 bits per heavy atom. The van der Waals surface area contributed by atoms with Crippen molar-refractivity contribution in [1.29, 1.82) is 5.26 Å². The molecule has 3 N–H and O–H groups in total. The van der Waals surface area contributed by atoms with Crippen LogP contribution in [0.25, 0.3) is 21.9 Å². The lowest BCUT2D eigenvalue weighted by Crippen LogP contribution is -2.43. The van der Waals surface area contributed by atoms with E-state index in [1.807, 2.05) is 24.3 Å². The first-order valence-electron chi connectivity index (χ1n) is 11.1. The second-order valence-electron chi connectivity index (χ2n) is 8.21. The standard InChI is InChI=1S/C25H25FN6O2S/c1-29-15-22(14-28)35(33,34)32-8-5-21(6-9-32)31-25-12-19(11-18-4-7-30-16-23(18)25)17-2-3-24(26)20(10-17)13-27/h2-4,7,10-12,14-16,21,31H,5-6,8-9,28H2,1H3/b22-14+,29-15?. The summed E-state index contributed by atoms with van der Waals surface area (Å²) in [7, 11) is -2.20. The fourth-order valence-corrected chi connectivity index (χ4v) is 5.61. The highest BCUT2D eigenvalue weighted by atomic mass is 32.2. The van der Waals surface area contributed by atoms with Crippen LogP contribution in [0.3, 0.4) is 0 Å². The van der Waals surface area contributed by atoms with Crippen molar-refractivity contribution in [2.45, 2.75) is 18.9 Å². The van der Waals surface area contributed by atoms with Gasteiger partial charge in [0.1, 0.15) is 16.8 Å². The quantitative estimate of drug-likeness (QED) is 0.507. The van der Waals surface area contributed by atoms with Gasteiger partial charge in [-0.3, -0.25) is 9.98 Å². The fraction of sp³-hybridized carbons (Fsp3) is 0.240. The van der Waals surface area contributed by atoms with Crippen LogP contribution in [0.1, 0.15) is 18.4 Å². The minimum absolute atomic E-state index is 0.0144. The summed E-state index contributed by atoms with van der Waals surface area (Å²) in [4.78, 5) is 8.01. The van der Waals surface area contributed by atoms with Crippen LogP contribution < -0.4 is 11.1 Å². The molecule has 1 aliphatic heterocycles. The number of nitrogens with zero attached hydrogens (tertiary/aromatic N) is 4. The van der Waals surface area contributed by atoms with E-state index in [0.29, 0.717) is 25.9 Å². The van der Waals surface area contributed by atoms with Crippen LogP contribution in [0, 0.1) is 17.1 Å². The topological polar surface area (TPSA) is 124 Å². The van der Waals surface area contributed by atoms with Crippen LogP contribution in [-0.2, 0) is 10.0 Å². The Labute approximate surface area is 203 Å². The van der Waals surface area contributed by atoms with Gasteiger partial charge < -0.3 is 11.1 Å². The molecule has 1 fully saturated rings. The molecule has 35 heavy (non-hydrogen) atoms. The molecule has 0 unspecified atom stereocenters. The van der Waals surface area contributed by atoms with Gasteiger partial charge in [-0.05, 0) is 59.7 Å². The summed E-state index contributed by atoms with van der Waals surface area (Å²) in [6, 6.07) is 12.2. The van der Waals surface area contributed by atoms with Crippen LogP contribution >= 0.6 is 0 Å². The maximum Gasteiger partial charge on any atom is 0.246 e. The Morgan fingerprint density at radius 1 is 1.26 bits per heavy atom. The number of benzene rings is 2. The second-order valence-corrected chi connectivity index (χ2v) is 10.1. The summed E-state index contributed by atoms with van der Waals surface area (Å²) < 4.78 is 40.9. The predicted molar refractivity (Wildman–Crippen MR) is 136 cm³/mol. The predicted octanol–water partition coefficient (Wildman–Crippen LogP) is 3.62. The molecule has 8 nitrogen and oxygen atoms in total. The molecule has 0 amide bonds. The number of allylic oxidation sites excluding steroid dienone is 1. The molecule has 0 aliphatic carbocycles. The molecule has 1 saturated heterocycles. The van der Waals surface area contributed by atoms with Crippen molar-refractivity contribution in [3.05, 3.63) is 71.3 Å². The van der Waals surface area contributed by atoms with Crippen molar-refractivity contribution in [1.82, 2.24) is 9.29 Å². The van der Waals surface area contributed by atoms with Crippen LogP contribution in [-0.4, -0.2) is 50.1 Å². The number of nitriles is 1. The number of nitrogens with one attached hydrogen (secondary N) is 1. The van der Waals surface area contributed by atoms with E-state index in [1.165, 1.54) is 29.7 Å². The zero-order valence-corrected chi connectivity index (χ0v) is 20.0. The number of sulfonamides is 1. The van der Waals surface area contributed by atoms with Gasteiger partial charge in [0.25, 0.3) is 0 Å². The van der Waals surface area contributed by atoms with E-state index < -0.39 is 15.8 Å². The first-order valence-corrected chi connectivity index (χ1v) is 12.5. The molecule has 3 aromatic rings. The van der Waals surface area contributed by atoms with Gasteiger partial charge in [0, 0.05) is 62.1 Å². The van der Waals surface area contributed by atoms with E-state index in [0.717, 1.165) is 33.8 Å². The van der Waals surface area contributed by atoms with Crippen LogP contribution in [0.5, 0.6) is 0 Å². The molecular formula is C25H25FN6O2S. The van der Waals surface area contributed by atoms with Gasteiger partial charge in [0.2, 0.25) is 10.0 Å². The Bertz CT molecular complexity index is 1450. The number of halogens is 1. The second kappa shape index (κ2) is 10.2. The molecule has 0 atom stereocenters. The van der Waals surface area contributed by atoms with Gasteiger partial charge in [-0.2, -0.15) is 9.57 Å². The molecule has 1 aromatic heterocycles. The average Bonchev–Trinajstić information content (AvgIpc) is 2.87. The number of fused-ring (bicyclic) bond motifs is 1. The van der Waals surface area contributed by atoms with Gasteiger partial charge >= 0.3 is 0 Å². The minimum Gasteiger partial charge on any atom is -0.403 e. The van der Waals surface area contributed by atoms with Crippen molar-refractivity contribution in [2.75, 3.05) is 25.5 Å². The molecule has 2 aromatic carbocycles. The van der Waals surface area contributed by atoms with E-state index in [2.05, 4.69) is 15.3 Å². The summed E-state index contributed by atoms with van der Waals surface area (Å²) >= 11 is 0. The number of pyridine rings is 1. The highest BCUT2D eigenvalue weighted by Gasteiger charge is 2.30. The summed E-state index contributed by atoms with van der Waals surface area (Å²) in [5.74, 6) is -0.556. The number of anilines is 1. The van der Waals surface area contributed by atoms with Gasteiger partial charge in [-0.1, -0.05) is 6.07 Å². The number of piperidine rings is 1. The Hall–Kier alpha value is -3.81. The third-order valence-corrected chi connectivity index (χ3v) is 7.93. The highest BCUT2D eigenvalue weighted by molar-refractivity contribution is 7.93. The smallest absolute Gasteiger partial charge is 0.246 e. The van der Waals surface area contributed by atoms with E-state index in [9.17, 15) is 18.1 Å². The van der Waals surface area contributed by atoms with Gasteiger partial charge in [0.15, 0.2) is 0 Å². The highest BCUT2D eigenvalue weighted by Crippen LogP contribution is 2.33. The third kappa shape index (κ3) is 5.01. The van der Waals surface area contributed by atoms with Crippen molar-refractivity contribution in [3.63, 3.8) is 0 Å². The number of aliphatic imine (C=N–C) groups is 1. The SMILES string of the molecule is CN=C/C(=C\N)S(=O)(=O)N1CCC(Nc2cc(-c3ccc(F)c(C#N)c3)cc3ccncc23)CC1. The largest absolute Gasteiger partial charge is 0.403 e. The molecule has 10 heteroatoms. The average molecular weight is 493 g/mol. The molecular weight excluding hydrogens is 467 g/mol. The summed E-state index contributed by atoms with van der Waals surface area (Å²) in [6.07, 6.45) is 6.98. The van der Waals surface area contributed by atoms with Gasteiger partial charge in [-0.25, -0.2) is 12.8 Å². The van der Waals surface area contributed by atoms with E-state index >= 15 is 0 Å². The zero-order chi connectivity index (χ0) is 25.0. The molecule has 2 heterocycles. The molecule has 0 radical (unpaired) electrons. The fourth-order valence-electron chi connectivity index (χ4n) is 4.21. The molecule has 0 saturated carbocycles.